The minimum atomic E-state index is -0.247. The number of hydrogen-bond donors (Lipinski definition) is 1. The lowest BCUT2D eigenvalue weighted by molar-refractivity contribution is -0.122. The van der Waals surface area contributed by atoms with E-state index in [1.807, 2.05) is 0 Å². The van der Waals surface area contributed by atoms with Crippen molar-refractivity contribution < 1.29 is 9.18 Å². The smallest absolute Gasteiger partial charge is 0.220 e. The van der Waals surface area contributed by atoms with Crippen LogP contribution in [0.3, 0.4) is 0 Å². The fraction of sp³-hybridized carbons (Fsp3) is 0.500. The van der Waals surface area contributed by atoms with Crippen LogP contribution in [0.1, 0.15) is 50.1 Å². The highest BCUT2D eigenvalue weighted by Gasteiger charge is 2.27. The highest BCUT2D eigenvalue weighted by Crippen LogP contribution is 2.35. The number of carbonyl (C=O) groups is 1. The zero-order chi connectivity index (χ0) is 16.8. The Morgan fingerprint density at radius 2 is 2.04 bits per heavy atom. The molecule has 128 valence electrons. The van der Waals surface area contributed by atoms with Crippen molar-refractivity contribution >= 4 is 5.91 Å². The Balaban J connectivity index is 1.58. The molecule has 0 saturated heterocycles. The van der Waals surface area contributed by atoms with Crippen LogP contribution in [0, 0.1) is 11.7 Å². The van der Waals surface area contributed by atoms with E-state index < -0.39 is 0 Å². The Kier molecular flexibility index (Phi) is 5.56. The van der Waals surface area contributed by atoms with Crippen molar-refractivity contribution in [3.8, 4) is 0 Å². The molecule has 3 rings (SSSR count). The van der Waals surface area contributed by atoms with Gasteiger partial charge in [0.15, 0.2) is 0 Å². The average molecular weight is 330 g/mol. The maximum Gasteiger partial charge on any atom is 0.220 e. The highest BCUT2D eigenvalue weighted by molar-refractivity contribution is 5.76. The topological polar surface area (TPSA) is 59.8 Å². The molecule has 1 atom stereocenters. The van der Waals surface area contributed by atoms with E-state index in [0.29, 0.717) is 18.9 Å². The predicted molar refractivity (Wildman–Crippen MR) is 88.5 cm³/mol. The summed E-state index contributed by atoms with van der Waals surface area (Å²) in [5.41, 5.74) is 0.993. The van der Waals surface area contributed by atoms with Gasteiger partial charge in [-0.1, -0.05) is 25.0 Å². The molecule has 1 unspecified atom stereocenters. The number of aromatic nitrogens is 3. The van der Waals surface area contributed by atoms with Gasteiger partial charge in [0.1, 0.15) is 18.5 Å². The Bertz CT molecular complexity index is 636. The SMILES string of the molecule is O=C(CCCn1cncn1)NC(c1ccc(F)cc1)C1CCCC1. The Labute approximate surface area is 141 Å². The van der Waals surface area contributed by atoms with Crippen LogP contribution in [0.4, 0.5) is 4.39 Å². The van der Waals surface area contributed by atoms with Crippen LogP contribution in [0.2, 0.25) is 0 Å². The minimum Gasteiger partial charge on any atom is -0.349 e. The fourth-order valence-corrected chi connectivity index (χ4v) is 3.43. The minimum absolute atomic E-state index is 0.0213. The lowest BCUT2D eigenvalue weighted by Gasteiger charge is -2.25. The molecule has 6 heteroatoms. The van der Waals surface area contributed by atoms with E-state index in [-0.39, 0.29) is 17.8 Å². The van der Waals surface area contributed by atoms with Crippen LogP contribution in [0.25, 0.3) is 0 Å². The molecule has 1 aromatic heterocycles. The number of amides is 1. The summed E-state index contributed by atoms with van der Waals surface area (Å²) in [5.74, 6) is 0.231. The molecule has 1 N–H and O–H groups in total. The molecule has 1 fully saturated rings. The number of nitrogens with zero attached hydrogens (tertiary/aromatic N) is 3. The molecule has 0 radical (unpaired) electrons. The summed E-state index contributed by atoms with van der Waals surface area (Å²) < 4.78 is 14.9. The first kappa shape index (κ1) is 16.6. The standard InChI is InChI=1S/C18H23FN4O/c19-16-9-7-15(8-10-16)18(14-4-1-2-5-14)22-17(24)6-3-11-23-13-20-12-21-23/h7-10,12-14,18H,1-6,11H2,(H,22,24). The normalized spacial score (nSPS) is 16.2. The zero-order valence-corrected chi connectivity index (χ0v) is 13.7. The zero-order valence-electron chi connectivity index (χ0n) is 13.7. The maximum atomic E-state index is 13.2. The van der Waals surface area contributed by atoms with Gasteiger partial charge in [-0.2, -0.15) is 5.10 Å². The third kappa shape index (κ3) is 4.40. The van der Waals surface area contributed by atoms with Crippen LogP contribution in [-0.4, -0.2) is 20.7 Å². The number of hydrogen-bond acceptors (Lipinski definition) is 3. The van der Waals surface area contributed by atoms with E-state index in [0.717, 1.165) is 24.8 Å². The molecule has 1 saturated carbocycles. The summed E-state index contributed by atoms with van der Waals surface area (Å²) in [6.07, 6.45) is 8.93. The van der Waals surface area contributed by atoms with Crippen LogP contribution in [-0.2, 0) is 11.3 Å². The molecular formula is C18H23FN4O. The van der Waals surface area contributed by atoms with Crippen molar-refractivity contribution in [2.24, 2.45) is 5.92 Å². The fourth-order valence-electron chi connectivity index (χ4n) is 3.43. The van der Waals surface area contributed by atoms with Gasteiger partial charge in [0.2, 0.25) is 5.91 Å². The molecule has 0 spiro atoms. The van der Waals surface area contributed by atoms with Gasteiger partial charge < -0.3 is 5.32 Å². The van der Waals surface area contributed by atoms with E-state index in [9.17, 15) is 9.18 Å². The molecule has 0 bridgehead atoms. The number of aryl methyl sites for hydroxylation is 1. The third-order valence-corrected chi connectivity index (χ3v) is 4.67. The van der Waals surface area contributed by atoms with Crippen molar-refractivity contribution in [1.29, 1.82) is 0 Å². The highest BCUT2D eigenvalue weighted by atomic mass is 19.1. The second-order valence-electron chi connectivity index (χ2n) is 6.40. The summed E-state index contributed by atoms with van der Waals surface area (Å²) in [6.45, 7) is 0.679. The van der Waals surface area contributed by atoms with Crippen molar-refractivity contribution in [2.75, 3.05) is 0 Å². The van der Waals surface area contributed by atoms with Crippen molar-refractivity contribution in [3.63, 3.8) is 0 Å². The molecule has 1 aromatic carbocycles. The Hall–Kier alpha value is -2.24. The van der Waals surface area contributed by atoms with Crippen molar-refractivity contribution in [3.05, 3.63) is 48.3 Å². The second-order valence-corrected chi connectivity index (χ2v) is 6.40. The molecule has 24 heavy (non-hydrogen) atoms. The number of rotatable bonds is 7. The summed E-state index contributed by atoms with van der Waals surface area (Å²) in [7, 11) is 0. The van der Waals surface area contributed by atoms with Crippen LogP contribution >= 0.6 is 0 Å². The molecule has 1 heterocycles. The molecule has 1 aliphatic rings. The first-order valence-corrected chi connectivity index (χ1v) is 8.59. The summed E-state index contributed by atoms with van der Waals surface area (Å²) >= 11 is 0. The lowest BCUT2D eigenvalue weighted by atomic mass is 9.91. The first-order valence-electron chi connectivity index (χ1n) is 8.59. The number of nitrogens with one attached hydrogen (secondary N) is 1. The number of halogens is 1. The van der Waals surface area contributed by atoms with Gasteiger partial charge in [0, 0.05) is 13.0 Å². The number of benzene rings is 1. The number of carbonyl (C=O) groups excluding carboxylic acids is 1. The van der Waals surface area contributed by atoms with E-state index >= 15 is 0 Å². The average Bonchev–Trinajstić information content (AvgIpc) is 3.27. The van der Waals surface area contributed by atoms with Crippen LogP contribution in [0.5, 0.6) is 0 Å². The summed E-state index contributed by atoms with van der Waals surface area (Å²) in [4.78, 5) is 16.2. The van der Waals surface area contributed by atoms with Crippen molar-refractivity contribution in [2.45, 2.75) is 51.1 Å². The van der Waals surface area contributed by atoms with Gasteiger partial charge in [0.05, 0.1) is 6.04 Å². The summed E-state index contributed by atoms with van der Waals surface area (Å²) in [5, 5.41) is 7.20. The van der Waals surface area contributed by atoms with E-state index in [4.69, 9.17) is 0 Å². The van der Waals surface area contributed by atoms with E-state index in [1.165, 1.54) is 31.3 Å². The van der Waals surface area contributed by atoms with Gasteiger partial charge in [0.25, 0.3) is 0 Å². The third-order valence-electron chi connectivity index (χ3n) is 4.67. The summed E-state index contributed by atoms with van der Waals surface area (Å²) in [6, 6.07) is 6.48. The molecule has 0 aliphatic heterocycles. The van der Waals surface area contributed by atoms with Crippen LogP contribution in [0.15, 0.2) is 36.9 Å². The first-order chi connectivity index (χ1) is 11.7. The predicted octanol–water partition coefficient (Wildman–Crippen LogP) is 3.25. The quantitative estimate of drug-likeness (QED) is 0.848. The molecular weight excluding hydrogens is 307 g/mol. The molecule has 2 aromatic rings. The van der Waals surface area contributed by atoms with Gasteiger partial charge >= 0.3 is 0 Å². The van der Waals surface area contributed by atoms with Gasteiger partial charge in [-0.25, -0.2) is 9.37 Å². The van der Waals surface area contributed by atoms with E-state index in [1.54, 1.807) is 23.1 Å². The van der Waals surface area contributed by atoms with Crippen LogP contribution < -0.4 is 5.32 Å². The lowest BCUT2D eigenvalue weighted by Crippen LogP contribution is -2.32. The van der Waals surface area contributed by atoms with Gasteiger partial charge in [-0.05, 0) is 42.9 Å². The molecule has 5 nitrogen and oxygen atoms in total. The molecule has 1 amide bonds. The molecule has 1 aliphatic carbocycles. The largest absolute Gasteiger partial charge is 0.349 e. The van der Waals surface area contributed by atoms with E-state index in [2.05, 4.69) is 15.4 Å². The maximum absolute atomic E-state index is 13.2. The Morgan fingerprint density at radius 3 is 2.71 bits per heavy atom. The second kappa shape index (κ2) is 8.04. The monoisotopic (exact) mass is 330 g/mol. The van der Waals surface area contributed by atoms with Gasteiger partial charge in [-0.3, -0.25) is 9.48 Å². The van der Waals surface area contributed by atoms with Gasteiger partial charge in [-0.15, -0.1) is 0 Å². The van der Waals surface area contributed by atoms with Crippen molar-refractivity contribution in [1.82, 2.24) is 20.1 Å². The Morgan fingerprint density at radius 1 is 1.29 bits per heavy atom.